The number of rotatable bonds is 5. The van der Waals surface area contributed by atoms with Crippen LogP contribution < -0.4 is 5.32 Å². The molecule has 0 bridgehead atoms. The SMILES string of the molecule is Cc1ccc(C2NCC(=O)N2CCC(C)S(C)=O)s1. The van der Waals surface area contributed by atoms with Crippen molar-refractivity contribution in [3.8, 4) is 0 Å². The zero-order valence-corrected chi connectivity index (χ0v) is 13.1. The third-order valence-corrected chi connectivity index (χ3v) is 5.87. The van der Waals surface area contributed by atoms with Gasteiger partial charge in [0.15, 0.2) is 0 Å². The first-order valence-electron chi connectivity index (χ1n) is 6.40. The summed E-state index contributed by atoms with van der Waals surface area (Å²) in [5.41, 5.74) is 0. The molecule has 3 atom stereocenters. The lowest BCUT2D eigenvalue weighted by molar-refractivity contribution is -0.128. The minimum Gasteiger partial charge on any atom is -0.321 e. The van der Waals surface area contributed by atoms with Gasteiger partial charge in [-0.2, -0.15) is 0 Å². The second kappa shape index (κ2) is 6.15. The normalized spacial score (nSPS) is 22.8. The van der Waals surface area contributed by atoms with E-state index >= 15 is 0 Å². The number of nitrogens with zero attached hydrogens (tertiary/aromatic N) is 1. The van der Waals surface area contributed by atoms with Gasteiger partial charge in [-0.25, -0.2) is 0 Å². The molecule has 19 heavy (non-hydrogen) atoms. The van der Waals surface area contributed by atoms with Crippen LogP contribution in [0.15, 0.2) is 12.1 Å². The molecule has 1 amide bonds. The highest BCUT2D eigenvalue weighted by atomic mass is 32.2. The predicted octanol–water partition coefficient (Wildman–Crippen LogP) is 1.64. The maximum absolute atomic E-state index is 11.9. The molecular weight excluding hydrogens is 280 g/mol. The standard InChI is InChI=1S/C13H20N2O2S2/c1-9-4-5-11(18-9)13-14-8-12(16)15(13)7-6-10(2)19(3)17/h4-5,10,13-14H,6-8H2,1-3H3. The Morgan fingerprint density at radius 3 is 2.89 bits per heavy atom. The molecule has 0 aromatic carbocycles. The smallest absolute Gasteiger partial charge is 0.238 e. The van der Waals surface area contributed by atoms with Gasteiger partial charge in [0.05, 0.1) is 6.54 Å². The summed E-state index contributed by atoms with van der Waals surface area (Å²) in [6.45, 7) is 5.09. The van der Waals surface area contributed by atoms with Gasteiger partial charge in [0.25, 0.3) is 0 Å². The Morgan fingerprint density at radius 2 is 2.32 bits per heavy atom. The van der Waals surface area contributed by atoms with Crippen molar-refractivity contribution >= 4 is 28.0 Å². The first kappa shape index (κ1) is 14.7. The third kappa shape index (κ3) is 3.43. The average molecular weight is 300 g/mol. The number of nitrogens with one attached hydrogen (secondary N) is 1. The Kier molecular flexibility index (Phi) is 4.76. The third-order valence-electron chi connectivity index (χ3n) is 3.45. The number of aryl methyl sites for hydroxylation is 1. The zero-order chi connectivity index (χ0) is 14.0. The molecule has 6 heteroatoms. The van der Waals surface area contributed by atoms with Gasteiger partial charge in [-0.3, -0.25) is 14.3 Å². The topological polar surface area (TPSA) is 49.4 Å². The van der Waals surface area contributed by atoms with Crippen molar-refractivity contribution in [1.82, 2.24) is 10.2 Å². The average Bonchev–Trinajstić information content (AvgIpc) is 2.92. The predicted molar refractivity (Wildman–Crippen MR) is 79.7 cm³/mol. The van der Waals surface area contributed by atoms with Gasteiger partial charge in [-0.05, 0) is 25.5 Å². The van der Waals surface area contributed by atoms with Crippen LogP contribution in [0.4, 0.5) is 0 Å². The van der Waals surface area contributed by atoms with Crippen molar-refractivity contribution in [2.75, 3.05) is 19.3 Å². The van der Waals surface area contributed by atoms with E-state index < -0.39 is 10.8 Å². The molecule has 1 aromatic rings. The van der Waals surface area contributed by atoms with Crippen LogP contribution in [-0.4, -0.2) is 39.6 Å². The van der Waals surface area contributed by atoms with Crippen LogP contribution in [-0.2, 0) is 15.6 Å². The second-order valence-corrected chi connectivity index (χ2v) is 8.04. The van der Waals surface area contributed by atoms with E-state index in [1.807, 2.05) is 11.8 Å². The van der Waals surface area contributed by atoms with Crippen LogP contribution in [0.25, 0.3) is 0 Å². The second-order valence-electron chi connectivity index (χ2n) is 4.92. The largest absolute Gasteiger partial charge is 0.321 e. The first-order valence-corrected chi connectivity index (χ1v) is 8.84. The Bertz CT molecular complexity index is 487. The van der Waals surface area contributed by atoms with E-state index in [-0.39, 0.29) is 17.3 Å². The Balaban J connectivity index is 2.04. The van der Waals surface area contributed by atoms with Crippen molar-refractivity contribution in [2.24, 2.45) is 0 Å². The maximum atomic E-state index is 11.9. The van der Waals surface area contributed by atoms with E-state index in [4.69, 9.17) is 0 Å². The Hall–Kier alpha value is -0.720. The fraction of sp³-hybridized carbons (Fsp3) is 0.615. The number of amides is 1. The van der Waals surface area contributed by atoms with Gasteiger partial charge in [0.2, 0.25) is 5.91 Å². The lowest BCUT2D eigenvalue weighted by Crippen LogP contribution is -2.32. The van der Waals surface area contributed by atoms with Gasteiger partial charge in [0.1, 0.15) is 6.17 Å². The molecular formula is C13H20N2O2S2. The zero-order valence-electron chi connectivity index (χ0n) is 11.5. The molecule has 1 saturated heterocycles. The van der Waals surface area contributed by atoms with Gasteiger partial charge < -0.3 is 4.90 Å². The quantitative estimate of drug-likeness (QED) is 0.899. The minimum atomic E-state index is -0.829. The van der Waals surface area contributed by atoms with Crippen LogP contribution in [0.5, 0.6) is 0 Å². The molecule has 2 rings (SSSR count). The molecule has 106 valence electrons. The summed E-state index contributed by atoms with van der Waals surface area (Å²) in [7, 11) is -0.829. The summed E-state index contributed by atoms with van der Waals surface area (Å²) in [5.74, 6) is 0.130. The van der Waals surface area contributed by atoms with Crippen molar-refractivity contribution in [3.63, 3.8) is 0 Å². The fourth-order valence-electron chi connectivity index (χ4n) is 2.13. The van der Waals surface area contributed by atoms with Crippen molar-refractivity contribution in [3.05, 3.63) is 21.9 Å². The van der Waals surface area contributed by atoms with E-state index in [2.05, 4.69) is 24.4 Å². The minimum absolute atomic E-state index is 0.0105. The van der Waals surface area contributed by atoms with Crippen molar-refractivity contribution in [2.45, 2.75) is 31.7 Å². The maximum Gasteiger partial charge on any atom is 0.238 e. The fourth-order valence-corrected chi connectivity index (χ4v) is 3.54. The van der Waals surface area contributed by atoms with Crippen LogP contribution in [0.2, 0.25) is 0 Å². The van der Waals surface area contributed by atoms with E-state index in [9.17, 15) is 9.00 Å². The van der Waals surface area contributed by atoms with Gasteiger partial charge >= 0.3 is 0 Å². The molecule has 3 unspecified atom stereocenters. The van der Waals surface area contributed by atoms with Crippen molar-refractivity contribution in [1.29, 1.82) is 0 Å². The van der Waals surface area contributed by atoms with Crippen molar-refractivity contribution < 1.29 is 9.00 Å². The monoisotopic (exact) mass is 300 g/mol. The highest BCUT2D eigenvalue weighted by Crippen LogP contribution is 2.28. The van der Waals surface area contributed by atoms with Crippen LogP contribution in [0.3, 0.4) is 0 Å². The molecule has 0 radical (unpaired) electrons. The van der Waals surface area contributed by atoms with Gasteiger partial charge in [0, 0.05) is 38.6 Å². The van der Waals surface area contributed by atoms with Gasteiger partial charge in [-0.15, -0.1) is 11.3 Å². The molecule has 0 spiro atoms. The summed E-state index contributed by atoms with van der Waals surface area (Å²) in [6, 6.07) is 4.15. The summed E-state index contributed by atoms with van der Waals surface area (Å²) < 4.78 is 11.4. The summed E-state index contributed by atoms with van der Waals surface area (Å²) >= 11 is 1.71. The summed E-state index contributed by atoms with van der Waals surface area (Å²) in [6.07, 6.45) is 2.48. The van der Waals surface area contributed by atoms with E-state index in [1.54, 1.807) is 17.6 Å². The first-order chi connectivity index (χ1) is 8.99. The lowest BCUT2D eigenvalue weighted by atomic mass is 10.3. The number of hydrogen-bond acceptors (Lipinski definition) is 4. The summed E-state index contributed by atoms with van der Waals surface area (Å²) in [4.78, 5) is 16.2. The van der Waals surface area contributed by atoms with Crippen LogP contribution in [0.1, 0.15) is 29.3 Å². The van der Waals surface area contributed by atoms with E-state index in [1.165, 1.54) is 9.75 Å². The number of carbonyl (C=O) groups excluding carboxylic acids is 1. The molecule has 4 nitrogen and oxygen atoms in total. The molecule has 0 saturated carbocycles. The molecule has 1 fully saturated rings. The number of thiophene rings is 1. The van der Waals surface area contributed by atoms with Crippen LogP contribution in [0, 0.1) is 6.92 Å². The lowest BCUT2D eigenvalue weighted by Gasteiger charge is -2.24. The van der Waals surface area contributed by atoms with Crippen LogP contribution >= 0.6 is 11.3 Å². The highest BCUT2D eigenvalue weighted by Gasteiger charge is 2.32. The number of carbonyl (C=O) groups is 1. The molecule has 1 aromatic heterocycles. The Morgan fingerprint density at radius 1 is 1.58 bits per heavy atom. The van der Waals surface area contributed by atoms with E-state index in [0.29, 0.717) is 13.1 Å². The molecule has 1 aliphatic heterocycles. The molecule has 2 heterocycles. The van der Waals surface area contributed by atoms with E-state index in [0.717, 1.165) is 6.42 Å². The summed E-state index contributed by atoms with van der Waals surface area (Å²) in [5, 5.41) is 3.37. The Labute approximate surface area is 120 Å². The molecule has 1 aliphatic rings. The molecule has 1 N–H and O–H groups in total. The molecule has 0 aliphatic carbocycles. The van der Waals surface area contributed by atoms with Gasteiger partial charge in [-0.1, -0.05) is 6.92 Å². The number of hydrogen-bond donors (Lipinski definition) is 1. The highest BCUT2D eigenvalue weighted by molar-refractivity contribution is 7.84.